The summed E-state index contributed by atoms with van der Waals surface area (Å²) in [5.41, 5.74) is 5.16. The molecule has 0 bridgehead atoms. The topological polar surface area (TPSA) is 94.3 Å². The molecule has 6 nitrogen and oxygen atoms in total. The van der Waals surface area contributed by atoms with Crippen molar-refractivity contribution in [3.63, 3.8) is 0 Å². The molecule has 0 radical (unpaired) electrons. The predicted molar refractivity (Wildman–Crippen MR) is 60.4 cm³/mol. The van der Waals surface area contributed by atoms with E-state index in [2.05, 4.69) is 15.0 Å². The van der Waals surface area contributed by atoms with E-state index in [9.17, 15) is 9.59 Å². The van der Waals surface area contributed by atoms with Crippen molar-refractivity contribution in [3.05, 3.63) is 23.9 Å². The summed E-state index contributed by atoms with van der Waals surface area (Å²) in [7, 11) is 0. The SMILES string of the molecule is NC(=O)COC(=O)c1ccc(NC2CC2)nc1. The highest BCUT2D eigenvalue weighted by atomic mass is 16.5. The monoisotopic (exact) mass is 235 g/mol. The van der Waals surface area contributed by atoms with Crippen molar-refractivity contribution < 1.29 is 14.3 Å². The number of carbonyl (C=O) groups excluding carboxylic acids is 2. The molecule has 1 fully saturated rings. The van der Waals surface area contributed by atoms with E-state index in [4.69, 9.17) is 5.73 Å². The summed E-state index contributed by atoms with van der Waals surface area (Å²) in [6.07, 6.45) is 3.72. The summed E-state index contributed by atoms with van der Waals surface area (Å²) >= 11 is 0. The van der Waals surface area contributed by atoms with Gasteiger partial charge in [0.15, 0.2) is 6.61 Å². The van der Waals surface area contributed by atoms with Crippen LogP contribution in [0.25, 0.3) is 0 Å². The van der Waals surface area contributed by atoms with Gasteiger partial charge in [-0.2, -0.15) is 0 Å². The molecule has 0 atom stereocenters. The van der Waals surface area contributed by atoms with Crippen molar-refractivity contribution in [1.29, 1.82) is 0 Å². The number of aromatic nitrogens is 1. The van der Waals surface area contributed by atoms with E-state index >= 15 is 0 Å². The Bertz CT molecular complexity index is 426. The van der Waals surface area contributed by atoms with Crippen LogP contribution in [0.2, 0.25) is 0 Å². The highest BCUT2D eigenvalue weighted by Crippen LogP contribution is 2.23. The van der Waals surface area contributed by atoms with Gasteiger partial charge in [-0.15, -0.1) is 0 Å². The van der Waals surface area contributed by atoms with Crippen LogP contribution in [0.15, 0.2) is 18.3 Å². The Kier molecular flexibility index (Phi) is 3.22. The zero-order valence-corrected chi connectivity index (χ0v) is 9.18. The van der Waals surface area contributed by atoms with E-state index in [1.54, 1.807) is 12.1 Å². The first-order chi connectivity index (χ1) is 8.15. The molecule has 0 saturated heterocycles. The Labute approximate surface area is 98.2 Å². The summed E-state index contributed by atoms with van der Waals surface area (Å²) in [6.45, 7) is -0.416. The van der Waals surface area contributed by atoms with Crippen LogP contribution >= 0.6 is 0 Å². The molecule has 17 heavy (non-hydrogen) atoms. The summed E-state index contributed by atoms with van der Waals surface area (Å²) in [4.78, 5) is 25.9. The van der Waals surface area contributed by atoms with E-state index < -0.39 is 18.5 Å². The molecule has 0 aliphatic heterocycles. The van der Waals surface area contributed by atoms with Crippen molar-refractivity contribution in [1.82, 2.24) is 4.98 Å². The first kappa shape index (κ1) is 11.4. The lowest BCUT2D eigenvalue weighted by Gasteiger charge is -2.05. The van der Waals surface area contributed by atoms with Crippen molar-refractivity contribution >= 4 is 17.7 Å². The zero-order valence-electron chi connectivity index (χ0n) is 9.18. The van der Waals surface area contributed by atoms with Crippen molar-refractivity contribution in [3.8, 4) is 0 Å². The number of hydrogen-bond donors (Lipinski definition) is 2. The minimum atomic E-state index is -0.682. The molecular weight excluding hydrogens is 222 g/mol. The number of carbonyl (C=O) groups is 2. The minimum absolute atomic E-state index is 0.299. The summed E-state index contributed by atoms with van der Waals surface area (Å²) in [5, 5.41) is 3.19. The number of ether oxygens (including phenoxy) is 1. The van der Waals surface area contributed by atoms with Crippen LogP contribution in [0.3, 0.4) is 0 Å². The number of nitrogens with one attached hydrogen (secondary N) is 1. The number of hydrogen-bond acceptors (Lipinski definition) is 5. The van der Waals surface area contributed by atoms with E-state index in [-0.39, 0.29) is 0 Å². The van der Waals surface area contributed by atoms with Gasteiger partial charge in [0, 0.05) is 12.2 Å². The average molecular weight is 235 g/mol. The van der Waals surface area contributed by atoms with Gasteiger partial charge in [0.05, 0.1) is 5.56 Å². The summed E-state index contributed by atoms with van der Waals surface area (Å²) < 4.78 is 4.65. The Hall–Kier alpha value is -2.11. The minimum Gasteiger partial charge on any atom is -0.452 e. The average Bonchev–Trinajstić information content (AvgIpc) is 3.11. The van der Waals surface area contributed by atoms with Gasteiger partial charge >= 0.3 is 5.97 Å². The zero-order chi connectivity index (χ0) is 12.3. The standard InChI is InChI=1S/C11H13N3O3/c12-9(15)6-17-11(16)7-1-4-10(13-5-7)14-8-2-3-8/h1,4-5,8H,2-3,6H2,(H2,12,15)(H,13,14). The normalized spacial score (nSPS) is 14.1. The lowest BCUT2D eigenvalue weighted by molar-refractivity contribution is -0.121. The number of nitrogens with two attached hydrogens (primary N) is 1. The number of amides is 1. The first-order valence-electron chi connectivity index (χ1n) is 5.33. The second-order valence-corrected chi connectivity index (χ2v) is 3.89. The quantitative estimate of drug-likeness (QED) is 0.716. The lowest BCUT2D eigenvalue weighted by Crippen LogP contribution is -2.21. The second-order valence-electron chi connectivity index (χ2n) is 3.89. The number of nitrogens with zero attached hydrogens (tertiary/aromatic N) is 1. The van der Waals surface area contributed by atoms with Crippen LogP contribution in [0.1, 0.15) is 23.2 Å². The Morgan fingerprint density at radius 1 is 1.47 bits per heavy atom. The predicted octanol–water partition coefficient (Wildman–Crippen LogP) is 0.298. The molecule has 1 amide bonds. The highest BCUT2D eigenvalue weighted by Gasteiger charge is 2.21. The maximum atomic E-state index is 11.4. The molecule has 0 aromatic carbocycles. The van der Waals surface area contributed by atoms with Gasteiger partial charge in [-0.1, -0.05) is 0 Å². The number of anilines is 1. The van der Waals surface area contributed by atoms with Gasteiger partial charge in [0.2, 0.25) is 0 Å². The van der Waals surface area contributed by atoms with E-state index in [1.165, 1.54) is 6.20 Å². The molecule has 1 aliphatic rings. The van der Waals surface area contributed by atoms with Gasteiger partial charge in [-0.3, -0.25) is 4.79 Å². The Morgan fingerprint density at radius 2 is 2.24 bits per heavy atom. The smallest absolute Gasteiger partial charge is 0.340 e. The molecule has 1 aromatic rings. The summed E-state index contributed by atoms with van der Waals surface area (Å²) in [6, 6.07) is 3.82. The molecule has 90 valence electrons. The molecule has 0 spiro atoms. The van der Waals surface area contributed by atoms with Crippen LogP contribution in [0.5, 0.6) is 0 Å². The fraction of sp³-hybridized carbons (Fsp3) is 0.364. The number of pyridine rings is 1. The van der Waals surface area contributed by atoms with Crippen LogP contribution < -0.4 is 11.1 Å². The second kappa shape index (κ2) is 4.82. The third kappa shape index (κ3) is 3.44. The summed E-state index contributed by atoms with van der Waals surface area (Å²) in [5.74, 6) is -0.549. The molecule has 1 saturated carbocycles. The van der Waals surface area contributed by atoms with Gasteiger partial charge in [0.25, 0.3) is 5.91 Å². The van der Waals surface area contributed by atoms with Crippen LogP contribution in [-0.4, -0.2) is 29.5 Å². The van der Waals surface area contributed by atoms with E-state index in [0.29, 0.717) is 11.6 Å². The van der Waals surface area contributed by atoms with Gasteiger partial charge < -0.3 is 15.8 Å². The number of rotatable bonds is 5. The maximum absolute atomic E-state index is 11.4. The molecule has 3 N–H and O–H groups in total. The Balaban J connectivity index is 1.91. The van der Waals surface area contributed by atoms with Crippen LogP contribution in [0.4, 0.5) is 5.82 Å². The van der Waals surface area contributed by atoms with Crippen molar-refractivity contribution in [2.24, 2.45) is 5.73 Å². The van der Waals surface area contributed by atoms with E-state index in [1.807, 2.05) is 0 Å². The molecular formula is C11H13N3O3. The lowest BCUT2D eigenvalue weighted by atomic mass is 10.3. The molecule has 1 aromatic heterocycles. The number of esters is 1. The molecule has 0 unspecified atom stereocenters. The molecule has 1 heterocycles. The maximum Gasteiger partial charge on any atom is 0.340 e. The third-order valence-electron chi connectivity index (χ3n) is 2.27. The first-order valence-corrected chi connectivity index (χ1v) is 5.33. The largest absolute Gasteiger partial charge is 0.452 e. The third-order valence-corrected chi connectivity index (χ3v) is 2.27. The van der Waals surface area contributed by atoms with Crippen molar-refractivity contribution in [2.45, 2.75) is 18.9 Å². The van der Waals surface area contributed by atoms with Crippen LogP contribution in [-0.2, 0) is 9.53 Å². The van der Waals surface area contributed by atoms with Gasteiger partial charge in [0.1, 0.15) is 5.82 Å². The van der Waals surface area contributed by atoms with E-state index in [0.717, 1.165) is 18.7 Å². The number of primary amides is 1. The molecule has 2 rings (SSSR count). The van der Waals surface area contributed by atoms with Gasteiger partial charge in [-0.25, -0.2) is 9.78 Å². The van der Waals surface area contributed by atoms with Crippen LogP contribution in [0, 0.1) is 0 Å². The molecule has 6 heteroatoms. The molecule has 1 aliphatic carbocycles. The highest BCUT2D eigenvalue weighted by molar-refractivity contribution is 5.90. The fourth-order valence-corrected chi connectivity index (χ4v) is 1.26. The fourth-order valence-electron chi connectivity index (χ4n) is 1.26. The van der Waals surface area contributed by atoms with Crippen molar-refractivity contribution in [2.75, 3.05) is 11.9 Å². The Morgan fingerprint density at radius 3 is 2.76 bits per heavy atom. The van der Waals surface area contributed by atoms with Gasteiger partial charge in [-0.05, 0) is 25.0 Å².